The molecule has 0 bridgehead atoms. The Morgan fingerprint density at radius 2 is 2.00 bits per heavy atom. The molecule has 0 N–H and O–H groups in total. The van der Waals surface area contributed by atoms with E-state index < -0.39 is 0 Å². The highest BCUT2D eigenvalue weighted by Gasteiger charge is 2.16. The first kappa shape index (κ1) is 15.2. The minimum atomic E-state index is -0.0670. The largest absolute Gasteiger partial charge is 0.336 e. The summed E-state index contributed by atoms with van der Waals surface area (Å²) >= 11 is 8.98. The van der Waals surface area contributed by atoms with Crippen molar-refractivity contribution >= 4 is 40.2 Å². The smallest absolute Gasteiger partial charge is 0.273 e. The Bertz CT molecular complexity index is 766. The highest BCUT2D eigenvalue weighted by molar-refractivity contribution is 7.13. The van der Waals surface area contributed by atoms with E-state index in [0.29, 0.717) is 17.3 Å². The lowest BCUT2D eigenvalue weighted by Crippen LogP contribution is -2.26. The van der Waals surface area contributed by atoms with Gasteiger partial charge in [-0.2, -0.15) is 11.3 Å². The summed E-state index contributed by atoms with van der Waals surface area (Å²) in [6.07, 6.45) is 0. The van der Waals surface area contributed by atoms with Crippen molar-refractivity contribution in [2.24, 2.45) is 0 Å². The maximum atomic E-state index is 12.4. The van der Waals surface area contributed by atoms with Gasteiger partial charge in [0.05, 0.1) is 0 Å². The third-order valence-electron chi connectivity index (χ3n) is 3.16. The van der Waals surface area contributed by atoms with Crippen molar-refractivity contribution in [2.75, 3.05) is 7.05 Å². The van der Waals surface area contributed by atoms with Crippen molar-refractivity contribution in [3.05, 3.63) is 62.8 Å². The molecule has 22 heavy (non-hydrogen) atoms. The van der Waals surface area contributed by atoms with Crippen molar-refractivity contribution < 1.29 is 4.79 Å². The minimum Gasteiger partial charge on any atom is -0.336 e. The number of halogens is 1. The van der Waals surface area contributed by atoms with Crippen LogP contribution in [0.4, 0.5) is 0 Å². The summed E-state index contributed by atoms with van der Waals surface area (Å²) in [4.78, 5) is 18.6. The van der Waals surface area contributed by atoms with Crippen LogP contribution in [0.5, 0.6) is 0 Å². The maximum absolute atomic E-state index is 12.4. The van der Waals surface area contributed by atoms with Gasteiger partial charge in [-0.15, -0.1) is 11.3 Å². The lowest BCUT2D eigenvalue weighted by atomic mass is 10.2. The lowest BCUT2D eigenvalue weighted by molar-refractivity contribution is 0.0780. The second kappa shape index (κ2) is 6.60. The number of thiazole rings is 1. The van der Waals surface area contributed by atoms with Gasteiger partial charge in [0.2, 0.25) is 0 Å². The van der Waals surface area contributed by atoms with E-state index in [9.17, 15) is 4.79 Å². The SMILES string of the molecule is CN(Cc1ccsc1)C(=O)c1csc(-c2ccc(Cl)cc2)n1. The summed E-state index contributed by atoms with van der Waals surface area (Å²) in [5, 5.41) is 7.37. The van der Waals surface area contributed by atoms with Gasteiger partial charge in [-0.1, -0.05) is 23.7 Å². The molecule has 0 spiro atoms. The average molecular weight is 349 g/mol. The topological polar surface area (TPSA) is 33.2 Å². The predicted molar refractivity (Wildman–Crippen MR) is 92.7 cm³/mol. The monoisotopic (exact) mass is 348 g/mol. The molecule has 2 aromatic heterocycles. The lowest BCUT2D eigenvalue weighted by Gasteiger charge is -2.14. The summed E-state index contributed by atoms with van der Waals surface area (Å²) < 4.78 is 0. The molecule has 0 saturated heterocycles. The number of thiophene rings is 1. The molecule has 3 aromatic rings. The Morgan fingerprint density at radius 3 is 2.68 bits per heavy atom. The molecule has 3 rings (SSSR count). The summed E-state index contributed by atoms with van der Waals surface area (Å²) in [5.41, 5.74) is 2.58. The molecule has 0 unspecified atom stereocenters. The van der Waals surface area contributed by atoms with Crippen LogP contribution in [0.25, 0.3) is 10.6 Å². The second-order valence-corrected chi connectivity index (χ2v) is 6.91. The van der Waals surface area contributed by atoms with Crippen LogP contribution in [0.3, 0.4) is 0 Å². The molecule has 0 aliphatic heterocycles. The molecular weight excluding hydrogens is 336 g/mol. The molecule has 0 aliphatic rings. The zero-order valence-electron chi connectivity index (χ0n) is 11.8. The van der Waals surface area contributed by atoms with E-state index in [-0.39, 0.29) is 5.91 Å². The Balaban J connectivity index is 1.75. The van der Waals surface area contributed by atoms with Crippen LogP contribution in [0, 0.1) is 0 Å². The second-order valence-electron chi connectivity index (χ2n) is 4.84. The number of carbonyl (C=O) groups is 1. The number of nitrogens with zero attached hydrogens (tertiary/aromatic N) is 2. The molecule has 0 atom stereocenters. The van der Waals surface area contributed by atoms with Crippen LogP contribution in [-0.4, -0.2) is 22.8 Å². The van der Waals surface area contributed by atoms with E-state index in [0.717, 1.165) is 16.1 Å². The van der Waals surface area contributed by atoms with E-state index in [2.05, 4.69) is 4.98 Å². The molecule has 2 heterocycles. The average Bonchev–Trinajstić information content (AvgIpc) is 3.18. The summed E-state index contributed by atoms with van der Waals surface area (Å²) in [7, 11) is 1.79. The Morgan fingerprint density at radius 1 is 1.23 bits per heavy atom. The van der Waals surface area contributed by atoms with Gasteiger partial charge in [-0.3, -0.25) is 4.79 Å². The molecular formula is C16H13ClN2OS2. The number of carbonyl (C=O) groups excluding carboxylic acids is 1. The van der Waals surface area contributed by atoms with Crippen molar-refractivity contribution in [3.8, 4) is 10.6 Å². The van der Waals surface area contributed by atoms with Crippen LogP contribution >= 0.6 is 34.3 Å². The zero-order valence-corrected chi connectivity index (χ0v) is 14.2. The molecule has 0 fully saturated rings. The first-order valence-electron chi connectivity index (χ1n) is 6.61. The van der Waals surface area contributed by atoms with E-state index in [1.54, 1.807) is 28.7 Å². The summed E-state index contributed by atoms with van der Waals surface area (Å²) in [5.74, 6) is -0.0670. The summed E-state index contributed by atoms with van der Waals surface area (Å²) in [6, 6.07) is 9.48. The van der Waals surface area contributed by atoms with E-state index >= 15 is 0 Å². The van der Waals surface area contributed by atoms with Gasteiger partial charge in [0, 0.05) is 29.6 Å². The standard InChI is InChI=1S/C16H13ClN2OS2/c1-19(8-11-6-7-21-9-11)16(20)14-10-22-15(18-14)12-2-4-13(17)5-3-12/h2-7,9-10H,8H2,1H3. The minimum absolute atomic E-state index is 0.0670. The number of benzene rings is 1. The number of amides is 1. The third-order valence-corrected chi connectivity index (χ3v) is 5.04. The first-order chi connectivity index (χ1) is 10.6. The Kier molecular flexibility index (Phi) is 4.57. The molecule has 1 aromatic carbocycles. The maximum Gasteiger partial charge on any atom is 0.273 e. The van der Waals surface area contributed by atoms with Gasteiger partial charge in [-0.25, -0.2) is 4.98 Å². The zero-order chi connectivity index (χ0) is 15.5. The van der Waals surface area contributed by atoms with E-state index in [4.69, 9.17) is 11.6 Å². The molecule has 112 valence electrons. The number of rotatable bonds is 4. The van der Waals surface area contributed by atoms with E-state index in [1.807, 2.05) is 41.1 Å². The normalized spacial score (nSPS) is 10.6. The fourth-order valence-electron chi connectivity index (χ4n) is 2.02. The number of hydrogen-bond acceptors (Lipinski definition) is 4. The van der Waals surface area contributed by atoms with Crippen LogP contribution in [0.2, 0.25) is 5.02 Å². The van der Waals surface area contributed by atoms with Crippen molar-refractivity contribution in [3.63, 3.8) is 0 Å². The van der Waals surface area contributed by atoms with Crippen LogP contribution in [0.1, 0.15) is 16.1 Å². The highest BCUT2D eigenvalue weighted by atomic mass is 35.5. The Labute approximate surface area is 141 Å². The fourth-order valence-corrected chi connectivity index (χ4v) is 3.61. The quantitative estimate of drug-likeness (QED) is 0.678. The fraction of sp³-hybridized carbons (Fsp3) is 0.125. The molecule has 0 radical (unpaired) electrons. The van der Waals surface area contributed by atoms with Gasteiger partial charge in [0.15, 0.2) is 0 Å². The van der Waals surface area contributed by atoms with Gasteiger partial charge in [0.25, 0.3) is 5.91 Å². The molecule has 0 saturated carbocycles. The predicted octanol–water partition coefficient (Wildman–Crippen LogP) is 4.80. The van der Waals surface area contributed by atoms with Crippen molar-refractivity contribution in [1.29, 1.82) is 0 Å². The third kappa shape index (κ3) is 3.38. The van der Waals surface area contributed by atoms with Crippen LogP contribution in [0.15, 0.2) is 46.5 Å². The number of aromatic nitrogens is 1. The molecule has 1 amide bonds. The van der Waals surface area contributed by atoms with Crippen molar-refractivity contribution in [1.82, 2.24) is 9.88 Å². The first-order valence-corrected chi connectivity index (χ1v) is 8.81. The van der Waals surface area contributed by atoms with Gasteiger partial charge in [0.1, 0.15) is 10.7 Å². The molecule has 3 nitrogen and oxygen atoms in total. The number of hydrogen-bond donors (Lipinski definition) is 0. The Hall–Kier alpha value is -1.69. The van der Waals surface area contributed by atoms with Crippen molar-refractivity contribution in [2.45, 2.75) is 6.54 Å². The van der Waals surface area contributed by atoms with Crippen LogP contribution in [-0.2, 0) is 6.54 Å². The van der Waals surface area contributed by atoms with Gasteiger partial charge in [-0.05, 0) is 34.5 Å². The van der Waals surface area contributed by atoms with Crippen LogP contribution < -0.4 is 0 Å². The molecule has 6 heteroatoms. The highest BCUT2D eigenvalue weighted by Crippen LogP contribution is 2.25. The van der Waals surface area contributed by atoms with Gasteiger partial charge < -0.3 is 4.90 Å². The summed E-state index contributed by atoms with van der Waals surface area (Å²) in [6.45, 7) is 0.593. The molecule has 0 aliphatic carbocycles. The van der Waals surface area contributed by atoms with E-state index in [1.165, 1.54) is 11.3 Å². The van der Waals surface area contributed by atoms with Gasteiger partial charge >= 0.3 is 0 Å².